The molecule has 0 aromatic heterocycles. The summed E-state index contributed by atoms with van der Waals surface area (Å²) in [5.74, 6) is 0.404. The molecule has 3 N–H and O–H groups in total. The number of hydrogen-bond acceptors (Lipinski definition) is 5. The van der Waals surface area contributed by atoms with E-state index in [0.717, 1.165) is 5.69 Å². The van der Waals surface area contributed by atoms with Gasteiger partial charge >= 0.3 is 0 Å². The van der Waals surface area contributed by atoms with E-state index < -0.39 is 6.04 Å². The first kappa shape index (κ1) is 17.3. The van der Waals surface area contributed by atoms with Crippen LogP contribution in [0.2, 0.25) is 0 Å². The van der Waals surface area contributed by atoms with Crippen molar-refractivity contribution >= 4 is 17.8 Å². The zero-order chi connectivity index (χ0) is 17.4. The number of rotatable bonds is 7. The second-order valence-electron chi connectivity index (χ2n) is 5.13. The number of phenolic OH excluding ortho intramolecular Hbond substituents is 1. The number of benzene rings is 2. The fourth-order valence-electron chi connectivity index (χ4n) is 2.09. The van der Waals surface area contributed by atoms with E-state index in [9.17, 15) is 9.90 Å². The maximum atomic E-state index is 12.2. The Labute approximate surface area is 141 Å². The Kier molecular flexibility index (Phi) is 6.19. The van der Waals surface area contributed by atoms with Crippen molar-refractivity contribution in [3.05, 3.63) is 54.1 Å². The largest absolute Gasteiger partial charge is 0.507 e. The van der Waals surface area contributed by atoms with E-state index in [1.54, 1.807) is 12.1 Å². The van der Waals surface area contributed by atoms with Crippen LogP contribution < -0.4 is 15.5 Å². The van der Waals surface area contributed by atoms with Gasteiger partial charge in [0.15, 0.2) is 0 Å². The number of methoxy groups -OCH3 is 1. The van der Waals surface area contributed by atoms with Crippen molar-refractivity contribution in [3.63, 3.8) is 0 Å². The number of carbonyl (C=O) groups excluding carboxylic acids is 1. The minimum atomic E-state index is -0.400. The Morgan fingerprint density at radius 2 is 2.04 bits per heavy atom. The molecule has 6 heteroatoms. The lowest BCUT2D eigenvalue weighted by molar-refractivity contribution is -0.121. The van der Waals surface area contributed by atoms with Gasteiger partial charge in [0.2, 0.25) is 0 Å². The molecule has 0 spiro atoms. The molecule has 1 amide bonds. The monoisotopic (exact) mass is 327 g/mol. The molecule has 0 saturated carbocycles. The van der Waals surface area contributed by atoms with E-state index in [1.165, 1.54) is 19.4 Å². The quantitative estimate of drug-likeness (QED) is 0.539. The van der Waals surface area contributed by atoms with Crippen LogP contribution in [0.4, 0.5) is 5.69 Å². The first-order chi connectivity index (χ1) is 11.6. The molecular formula is C18H21N3O3. The van der Waals surface area contributed by atoms with Gasteiger partial charge in [0.05, 0.1) is 13.3 Å². The van der Waals surface area contributed by atoms with E-state index in [4.69, 9.17) is 4.74 Å². The van der Waals surface area contributed by atoms with Crippen molar-refractivity contribution in [2.24, 2.45) is 5.10 Å². The summed E-state index contributed by atoms with van der Waals surface area (Å²) in [5, 5.41) is 16.8. The van der Waals surface area contributed by atoms with Crippen LogP contribution in [0.3, 0.4) is 0 Å². The lowest BCUT2D eigenvalue weighted by Crippen LogP contribution is -2.36. The second kappa shape index (κ2) is 8.57. The van der Waals surface area contributed by atoms with Crippen molar-refractivity contribution < 1.29 is 14.6 Å². The average Bonchev–Trinajstić information content (AvgIpc) is 2.62. The highest BCUT2D eigenvalue weighted by Crippen LogP contribution is 2.20. The molecule has 2 rings (SSSR count). The normalized spacial score (nSPS) is 11.9. The molecule has 0 bridgehead atoms. The van der Waals surface area contributed by atoms with Crippen LogP contribution in [0.1, 0.15) is 18.9 Å². The van der Waals surface area contributed by atoms with E-state index >= 15 is 0 Å². The van der Waals surface area contributed by atoms with Crippen molar-refractivity contribution in [2.75, 3.05) is 12.4 Å². The Hall–Kier alpha value is -3.02. The maximum Gasteiger partial charge on any atom is 0.262 e. The molecule has 24 heavy (non-hydrogen) atoms. The number of para-hydroxylation sites is 1. The number of hydrazone groups is 1. The Morgan fingerprint density at radius 1 is 1.29 bits per heavy atom. The molecule has 0 aliphatic rings. The third kappa shape index (κ3) is 4.74. The molecule has 0 fully saturated rings. The van der Waals surface area contributed by atoms with Crippen molar-refractivity contribution in [2.45, 2.75) is 19.4 Å². The van der Waals surface area contributed by atoms with Gasteiger partial charge in [0.25, 0.3) is 5.91 Å². The molecule has 0 aliphatic carbocycles. The molecule has 6 nitrogen and oxygen atoms in total. The van der Waals surface area contributed by atoms with Gasteiger partial charge in [-0.05, 0) is 36.8 Å². The van der Waals surface area contributed by atoms with E-state index in [-0.39, 0.29) is 11.7 Å². The highest BCUT2D eigenvalue weighted by molar-refractivity contribution is 5.88. The first-order valence-corrected chi connectivity index (χ1v) is 7.65. The van der Waals surface area contributed by atoms with E-state index in [0.29, 0.717) is 17.7 Å². The molecule has 126 valence electrons. The number of anilines is 1. The predicted molar refractivity (Wildman–Crippen MR) is 94.5 cm³/mol. The average molecular weight is 327 g/mol. The van der Waals surface area contributed by atoms with Crippen LogP contribution in [0.25, 0.3) is 0 Å². The molecule has 2 aromatic carbocycles. The Balaban J connectivity index is 1.98. The summed E-state index contributed by atoms with van der Waals surface area (Å²) >= 11 is 0. The molecule has 1 unspecified atom stereocenters. The predicted octanol–water partition coefficient (Wildman–Crippen LogP) is 2.74. The summed E-state index contributed by atoms with van der Waals surface area (Å²) in [6.45, 7) is 1.91. The lowest BCUT2D eigenvalue weighted by Gasteiger charge is -2.16. The van der Waals surface area contributed by atoms with Crippen molar-refractivity contribution in [3.8, 4) is 11.5 Å². The van der Waals surface area contributed by atoms with E-state index in [1.807, 2.05) is 37.3 Å². The minimum Gasteiger partial charge on any atom is -0.507 e. The van der Waals surface area contributed by atoms with Gasteiger partial charge in [-0.3, -0.25) is 4.79 Å². The summed E-state index contributed by atoms with van der Waals surface area (Å²) in [5.41, 5.74) is 3.81. The summed E-state index contributed by atoms with van der Waals surface area (Å²) in [6.07, 6.45) is 1.99. The van der Waals surface area contributed by atoms with Crippen LogP contribution >= 0.6 is 0 Å². The number of hydrogen-bond donors (Lipinski definition) is 3. The molecular weight excluding hydrogens is 306 g/mol. The zero-order valence-corrected chi connectivity index (χ0v) is 13.7. The second-order valence-corrected chi connectivity index (χ2v) is 5.13. The number of carbonyl (C=O) groups is 1. The van der Waals surface area contributed by atoms with Gasteiger partial charge in [-0.1, -0.05) is 25.1 Å². The third-order valence-corrected chi connectivity index (χ3v) is 3.45. The summed E-state index contributed by atoms with van der Waals surface area (Å²) in [7, 11) is 1.54. The highest BCUT2D eigenvalue weighted by Gasteiger charge is 2.15. The van der Waals surface area contributed by atoms with Gasteiger partial charge in [-0.25, -0.2) is 5.43 Å². The van der Waals surface area contributed by atoms with Crippen molar-refractivity contribution in [1.82, 2.24) is 5.43 Å². The fourth-order valence-corrected chi connectivity index (χ4v) is 2.09. The van der Waals surface area contributed by atoms with Gasteiger partial charge in [0, 0.05) is 11.3 Å². The minimum absolute atomic E-state index is 0.0586. The smallest absolute Gasteiger partial charge is 0.262 e. The molecule has 2 aromatic rings. The van der Waals surface area contributed by atoms with Crippen LogP contribution in [0.15, 0.2) is 53.6 Å². The number of ether oxygens (including phenoxy) is 1. The highest BCUT2D eigenvalue weighted by atomic mass is 16.5. The summed E-state index contributed by atoms with van der Waals surface area (Å²) < 4.78 is 5.09. The van der Waals surface area contributed by atoms with Crippen LogP contribution in [0, 0.1) is 0 Å². The van der Waals surface area contributed by atoms with Crippen LogP contribution in [0.5, 0.6) is 11.5 Å². The van der Waals surface area contributed by atoms with Gasteiger partial charge < -0.3 is 15.2 Å². The van der Waals surface area contributed by atoms with Crippen LogP contribution in [-0.4, -0.2) is 30.4 Å². The zero-order valence-electron chi connectivity index (χ0n) is 13.7. The third-order valence-electron chi connectivity index (χ3n) is 3.45. The molecule has 0 heterocycles. The van der Waals surface area contributed by atoms with Gasteiger partial charge in [0.1, 0.15) is 17.5 Å². The number of nitrogens with zero attached hydrogens (tertiary/aromatic N) is 1. The maximum absolute atomic E-state index is 12.2. The Morgan fingerprint density at radius 3 is 2.71 bits per heavy atom. The van der Waals surface area contributed by atoms with Gasteiger partial charge in [-0.2, -0.15) is 5.10 Å². The number of phenols is 1. The lowest BCUT2D eigenvalue weighted by atomic mass is 10.2. The molecule has 1 atom stereocenters. The first-order valence-electron chi connectivity index (χ1n) is 7.65. The topological polar surface area (TPSA) is 83.0 Å². The van der Waals surface area contributed by atoms with E-state index in [2.05, 4.69) is 15.8 Å². The fraction of sp³-hybridized carbons (Fsp3) is 0.222. The summed E-state index contributed by atoms with van der Waals surface area (Å²) in [4.78, 5) is 12.2. The number of nitrogens with one attached hydrogen (secondary N) is 2. The SMILES string of the molecule is CCC(Nc1ccccc1)C(=O)N/N=C/c1cc(OC)ccc1O. The summed E-state index contributed by atoms with van der Waals surface area (Å²) in [6, 6.07) is 13.9. The van der Waals surface area contributed by atoms with Crippen LogP contribution in [-0.2, 0) is 4.79 Å². The number of aromatic hydroxyl groups is 1. The number of amides is 1. The molecule has 0 radical (unpaired) electrons. The van der Waals surface area contributed by atoms with Gasteiger partial charge in [-0.15, -0.1) is 0 Å². The Bertz CT molecular complexity index is 702. The standard InChI is InChI=1S/C18H21N3O3/c1-3-16(20-14-7-5-4-6-8-14)18(23)21-19-12-13-11-15(24-2)9-10-17(13)22/h4-12,16,20,22H,3H2,1-2H3,(H,21,23)/b19-12+. The molecule has 0 aliphatic heterocycles. The van der Waals surface area contributed by atoms with Crippen molar-refractivity contribution in [1.29, 1.82) is 0 Å². The molecule has 0 saturated heterocycles.